The van der Waals surface area contributed by atoms with Gasteiger partial charge in [0.15, 0.2) is 0 Å². The minimum atomic E-state index is -4.20. The summed E-state index contributed by atoms with van der Waals surface area (Å²) in [5.41, 5.74) is 1.17. The van der Waals surface area contributed by atoms with Crippen molar-refractivity contribution in [3.05, 3.63) is 48.5 Å². The Bertz CT molecular complexity index is 879. The average Bonchev–Trinajstić information content (AvgIpc) is 2.76. The molecule has 31 heavy (non-hydrogen) atoms. The molecule has 0 atom stereocenters. The standard InChI is InChI=1S/C24H34N2O4S/c1-2-3-4-5-6-7-8-9-10-11-20-30-23-16-12-21(13-17-23)25-26-22-14-18-24(19-15-22)31(27,28)29/h12-19H,2-11,20H2,1H3,(H,27,28,29). The van der Waals surface area contributed by atoms with Crippen LogP contribution < -0.4 is 4.74 Å². The fraction of sp³-hybridized carbons (Fsp3) is 0.500. The van der Waals surface area contributed by atoms with Crippen LogP contribution in [0.25, 0.3) is 0 Å². The molecule has 0 aliphatic carbocycles. The van der Waals surface area contributed by atoms with Gasteiger partial charge in [-0.15, -0.1) is 0 Å². The van der Waals surface area contributed by atoms with Gasteiger partial charge < -0.3 is 4.74 Å². The SMILES string of the molecule is CCCCCCCCCCCCOc1ccc(N=Nc2ccc(S(=O)(=O)O)cc2)cc1. The molecule has 0 radical (unpaired) electrons. The maximum absolute atomic E-state index is 11.0. The Balaban J connectivity index is 1.62. The summed E-state index contributed by atoms with van der Waals surface area (Å²) in [6, 6.07) is 12.9. The molecule has 0 spiro atoms. The van der Waals surface area contributed by atoms with E-state index >= 15 is 0 Å². The van der Waals surface area contributed by atoms with Gasteiger partial charge in [-0.2, -0.15) is 18.6 Å². The zero-order valence-corrected chi connectivity index (χ0v) is 19.2. The quantitative estimate of drug-likeness (QED) is 0.173. The Kier molecular flexibility index (Phi) is 11.2. The number of hydrogen-bond donors (Lipinski definition) is 1. The summed E-state index contributed by atoms with van der Waals surface area (Å²) in [6.45, 7) is 2.97. The van der Waals surface area contributed by atoms with Gasteiger partial charge in [0.1, 0.15) is 5.75 Å². The van der Waals surface area contributed by atoms with E-state index in [1.807, 2.05) is 24.3 Å². The second kappa shape index (κ2) is 13.9. The van der Waals surface area contributed by atoms with E-state index in [1.165, 1.54) is 82.1 Å². The maximum Gasteiger partial charge on any atom is 0.294 e. The summed E-state index contributed by atoms with van der Waals surface area (Å²) < 4.78 is 36.8. The fourth-order valence-electron chi connectivity index (χ4n) is 3.19. The molecule has 0 aliphatic rings. The normalized spacial score (nSPS) is 11.8. The highest BCUT2D eigenvalue weighted by Crippen LogP contribution is 2.22. The highest BCUT2D eigenvalue weighted by Gasteiger charge is 2.08. The lowest BCUT2D eigenvalue weighted by Crippen LogP contribution is -1.96. The van der Waals surface area contributed by atoms with Gasteiger partial charge in [-0.3, -0.25) is 4.55 Å². The highest BCUT2D eigenvalue weighted by molar-refractivity contribution is 7.85. The van der Waals surface area contributed by atoms with E-state index < -0.39 is 10.1 Å². The Morgan fingerprint density at radius 1 is 0.710 bits per heavy atom. The summed E-state index contributed by atoms with van der Waals surface area (Å²) in [6.07, 6.45) is 13.0. The number of azo groups is 1. The molecule has 0 aromatic heterocycles. The van der Waals surface area contributed by atoms with Crippen LogP contribution in [-0.4, -0.2) is 19.6 Å². The molecule has 0 saturated heterocycles. The van der Waals surface area contributed by atoms with Gasteiger partial charge in [0, 0.05) is 0 Å². The Morgan fingerprint density at radius 2 is 1.16 bits per heavy atom. The van der Waals surface area contributed by atoms with Crippen molar-refractivity contribution in [2.45, 2.75) is 76.0 Å². The molecular weight excluding hydrogens is 412 g/mol. The van der Waals surface area contributed by atoms with Crippen molar-refractivity contribution in [2.75, 3.05) is 6.61 Å². The summed E-state index contributed by atoms with van der Waals surface area (Å²) in [5.74, 6) is 0.812. The third-order valence-electron chi connectivity index (χ3n) is 5.02. The molecule has 0 amide bonds. The second-order valence-corrected chi connectivity index (χ2v) is 9.11. The monoisotopic (exact) mass is 446 g/mol. The van der Waals surface area contributed by atoms with E-state index in [0.717, 1.165) is 18.8 Å². The predicted molar refractivity (Wildman–Crippen MR) is 124 cm³/mol. The molecule has 0 fully saturated rings. The molecule has 0 heterocycles. The van der Waals surface area contributed by atoms with Crippen LogP contribution in [0, 0.1) is 0 Å². The van der Waals surface area contributed by atoms with Crippen LogP contribution in [0.4, 0.5) is 11.4 Å². The van der Waals surface area contributed by atoms with Crippen molar-refractivity contribution in [1.82, 2.24) is 0 Å². The topological polar surface area (TPSA) is 88.3 Å². The van der Waals surface area contributed by atoms with Crippen molar-refractivity contribution < 1.29 is 17.7 Å². The smallest absolute Gasteiger partial charge is 0.294 e. The number of benzene rings is 2. The second-order valence-electron chi connectivity index (χ2n) is 7.69. The molecule has 2 aromatic rings. The van der Waals surface area contributed by atoms with Crippen LogP contribution >= 0.6 is 0 Å². The maximum atomic E-state index is 11.0. The van der Waals surface area contributed by atoms with Crippen molar-refractivity contribution in [3.8, 4) is 5.75 Å². The Hall–Kier alpha value is -2.25. The van der Waals surface area contributed by atoms with Gasteiger partial charge in [-0.25, -0.2) is 0 Å². The molecule has 0 bridgehead atoms. The van der Waals surface area contributed by atoms with Gasteiger partial charge in [0.05, 0.1) is 22.9 Å². The minimum absolute atomic E-state index is 0.171. The van der Waals surface area contributed by atoms with E-state index in [0.29, 0.717) is 11.4 Å². The van der Waals surface area contributed by atoms with Gasteiger partial charge in [-0.1, -0.05) is 64.7 Å². The largest absolute Gasteiger partial charge is 0.494 e. The van der Waals surface area contributed by atoms with Crippen LogP contribution in [0.15, 0.2) is 63.7 Å². The molecule has 0 unspecified atom stereocenters. The van der Waals surface area contributed by atoms with Crippen molar-refractivity contribution in [1.29, 1.82) is 0 Å². The lowest BCUT2D eigenvalue weighted by molar-refractivity contribution is 0.304. The fourth-order valence-corrected chi connectivity index (χ4v) is 3.67. The van der Waals surface area contributed by atoms with Crippen LogP contribution in [0.3, 0.4) is 0 Å². The highest BCUT2D eigenvalue weighted by atomic mass is 32.2. The number of rotatable bonds is 15. The minimum Gasteiger partial charge on any atom is -0.494 e. The van der Waals surface area contributed by atoms with Gasteiger partial charge in [-0.05, 0) is 55.0 Å². The van der Waals surface area contributed by atoms with E-state index in [-0.39, 0.29) is 4.90 Å². The zero-order valence-electron chi connectivity index (χ0n) is 18.4. The van der Waals surface area contributed by atoms with Gasteiger partial charge >= 0.3 is 0 Å². The van der Waals surface area contributed by atoms with E-state index in [4.69, 9.17) is 9.29 Å². The van der Waals surface area contributed by atoms with Crippen LogP contribution in [0.1, 0.15) is 71.1 Å². The third kappa shape index (κ3) is 10.6. The number of unbranched alkanes of at least 4 members (excludes halogenated alkanes) is 9. The first-order chi connectivity index (χ1) is 15.0. The summed E-state index contributed by atoms with van der Waals surface area (Å²) >= 11 is 0. The van der Waals surface area contributed by atoms with Crippen molar-refractivity contribution in [3.63, 3.8) is 0 Å². The Morgan fingerprint density at radius 3 is 1.65 bits per heavy atom. The lowest BCUT2D eigenvalue weighted by atomic mass is 10.1. The molecule has 0 aliphatic heterocycles. The number of nitrogens with zero attached hydrogens (tertiary/aromatic N) is 2. The first kappa shape index (κ1) is 25.0. The molecule has 170 valence electrons. The van der Waals surface area contributed by atoms with Gasteiger partial charge in [0.2, 0.25) is 0 Å². The average molecular weight is 447 g/mol. The Labute approximate surface area is 186 Å². The molecule has 6 nitrogen and oxygen atoms in total. The van der Waals surface area contributed by atoms with E-state index in [1.54, 1.807) is 0 Å². The lowest BCUT2D eigenvalue weighted by Gasteiger charge is -2.06. The summed E-state index contributed by atoms with van der Waals surface area (Å²) in [4.78, 5) is -0.171. The number of ether oxygens (including phenoxy) is 1. The number of hydrogen-bond acceptors (Lipinski definition) is 5. The zero-order chi connectivity index (χ0) is 22.4. The molecule has 2 rings (SSSR count). The van der Waals surface area contributed by atoms with Crippen molar-refractivity contribution in [2.24, 2.45) is 10.2 Å². The predicted octanol–water partition coefficient (Wildman–Crippen LogP) is 7.65. The van der Waals surface area contributed by atoms with Crippen LogP contribution in [0.5, 0.6) is 5.75 Å². The molecule has 0 saturated carbocycles. The van der Waals surface area contributed by atoms with E-state index in [2.05, 4.69) is 17.2 Å². The van der Waals surface area contributed by atoms with Crippen LogP contribution in [-0.2, 0) is 10.1 Å². The molecular formula is C24H34N2O4S. The molecule has 2 aromatic carbocycles. The third-order valence-corrected chi connectivity index (χ3v) is 5.89. The van der Waals surface area contributed by atoms with E-state index in [9.17, 15) is 8.42 Å². The first-order valence-electron chi connectivity index (χ1n) is 11.2. The van der Waals surface area contributed by atoms with Gasteiger partial charge in [0.25, 0.3) is 10.1 Å². The molecule has 1 N–H and O–H groups in total. The first-order valence-corrected chi connectivity index (χ1v) is 12.6. The van der Waals surface area contributed by atoms with Crippen LogP contribution in [0.2, 0.25) is 0 Å². The molecule has 7 heteroatoms. The summed E-state index contributed by atoms with van der Waals surface area (Å²) in [7, 11) is -4.20. The van der Waals surface area contributed by atoms with Crippen molar-refractivity contribution >= 4 is 21.5 Å². The summed E-state index contributed by atoms with van der Waals surface area (Å²) in [5, 5.41) is 8.20.